The summed E-state index contributed by atoms with van der Waals surface area (Å²) in [6.07, 6.45) is 3.58. The van der Waals surface area contributed by atoms with Crippen LogP contribution in [0.15, 0.2) is 36.7 Å². The van der Waals surface area contributed by atoms with Crippen molar-refractivity contribution in [2.75, 3.05) is 26.9 Å². The Kier molecular flexibility index (Phi) is 5.99. The van der Waals surface area contributed by atoms with Gasteiger partial charge in [0.05, 0.1) is 12.8 Å². The lowest BCUT2D eigenvalue weighted by Crippen LogP contribution is -2.36. The SMILES string of the molecule is COCCN(Cc1cnn(C)c1)C(=O)COc1ccccc1O. The summed E-state index contributed by atoms with van der Waals surface area (Å²) >= 11 is 0. The summed E-state index contributed by atoms with van der Waals surface area (Å²) in [6, 6.07) is 6.55. The number of phenols is 1. The molecule has 7 nitrogen and oxygen atoms in total. The van der Waals surface area contributed by atoms with Crippen molar-refractivity contribution < 1.29 is 19.4 Å². The maximum Gasteiger partial charge on any atom is 0.260 e. The Morgan fingerprint density at radius 2 is 2.17 bits per heavy atom. The molecule has 1 heterocycles. The number of phenolic OH excluding ortho intramolecular Hbond substituents is 1. The molecule has 2 rings (SSSR count). The molecule has 0 aliphatic carbocycles. The summed E-state index contributed by atoms with van der Waals surface area (Å²) < 4.78 is 12.1. The van der Waals surface area contributed by atoms with E-state index in [1.165, 1.54) is 6.07 Å². The van der Waals surface area contributed by atoms with Crippen molar-refractivity contribution in [2.45, 2.75) is 6.54 Å². The van der Waals surface area contributed by atoms with Crippen molar-refractivity contribution in [2.24, 2.45) is 7.05 Å². The molecule has 1 aromatic heterocycles. The van der Waals surface area contributed by atoms with Gasteiger partial charge in [-0.3, -0.25) is 9.48 Å². The number of nitrogens with zero attached hydrogens (tertiary/aromatic N) is 3. The number of rotatable bonds is 8. The first-order valence-electron chi connectivity index (χ1n) is 7.25. The second-order valence-electron chi connectivity index (χ2n) is 5.09. The first-order valence-corrected chi connectivity index (χ1v) is 7.25. The molecule has 0 fully saturated rings. The minimum absolute atomic E-state index is 0.0102. The Hall–Kier alpha value is -2.54. The van der Waals surface area contributed by atoms with Crippen LogP contribution in [0.2, 0.25) is 0 Å². The second kappa shape index (κ2) is 8.19. The van der Waals surface area contributed by atoms with Crippen LogP contribution in [-0.4, -0.2) is 52.6 Å². The summed E-state index contributed by atoms with van der Waals surface area (Å²) in [7, 11) is 3.41. The number of amides is 1. The number of para-hydroxylation sites is 2. The van der Waals surface area contributed by atoms with E-state index in [9.17, 15) is 9.90 Å². The fourth-order valence-electron chi connectivity index (χ4n) is 2.08. The molecule has 2 aromatic rings. The van der Waals surface area contributed by atoms with Crippen LogP contribution in [0.3, 0.4) is 0 Å². The molecule has 0 saturated carbocycles. The minimum atomic E-state index is -0.186. The summed E-state index contributed by atoms with van der Waals surface area (Å²) in [6.45, 7) is 1.17. The van der Waals surface area contributed by atoms with Gasteiger partial charge >= 0.3 is 0 Å². The molecule has 0 saturated heterocycles. The highest BCUT2D eigenvalue weighted by atomic mass is 16.5. The van der Waals surface area contributed by atoms with Gasteiger partial charge in [-0.1, -0.05) is 12.1 Å². The normalized spacial score (nSPS) is 10.5. The molecule has 1 aromatic carbocycles. The Labute approximate surface area is 135 Å². The summed E-state index contributed by atoms with van der Waals surface area (Å²) in [5.41, 5.74) is 0.930. The van der Waals surface area contributed by atoms with Crippen LogP contribution in [0.4, 0.5) is 0 Å². The largest absolute Gasteiger partial charge is 0.504 e. The predicted octanol–water partition coefficient (Wildman–Crippen LogP) is 1.18. The first-order chi connectivity index (χ1) is 11.1. The number of aryl methyl sites for hydroxylation is 1. The number of carbonyl (C=O) groups excluding carboxylic acids is 1. The number of aromatic hydroxyl groups is 1. The van der Waals surface area contributed by atoms with Crippen LogP contribution >= 0.6 is 0 Å². The number of benzene rings is 1. The highest BCUT2D eigenvalue weighted by molar-refractivity contribution is 5.77. The molecule has 1 N–H and O–H groups in total. The monoisotopic (exact) mass is 319 g/mol. The first kappa shape index (κ1) is 16.8. The smallest absolute Gasteiger partial charge is 0.260 e. The van der Waals surface area contributed by atoms with Crippen LogP contribution in [-0.2, 0) is 23.1 Å². The van der Waals surface area contributed by atoms with E-state index in [0.29, 0.717) is 19.7 Å². The third-order valence-electron chi connectivity index (χ3n) is 3.27. The van der Waals surface area contributed by atoms with Crippen molar-refractivity contribution >= 4 is 5.91 Å². The van der Waals surface area contributed by atoms with Gasteiger partial charge in [0.1, 0.15) is 0 Å². The molecule has 7 heteroatoms. The number of hydrogen-bond donors (Lipinski definition) is 1. The molecule has 0 atom stereocenters. The van der Waals surface area contributed by atoms with Gasteiger partial charge < -0.3 is 19.5 Å². The predicted molar refractivity (Wildman–Crippen MR) is 84.1 cm³/mol. The summed E-state index contributed by atoms with van der Waals surface area (Å²) in [4.78, 5) is 14.0. The molecule has 0 unspecified atom stereocenters. The zero-order valence-electron chi connectivity index (χ0n) is 13.3. The molecule has 0 aliphatic rings. The number of ether oxygens (including phenoxy) is 2. The van der Waals surface area contributed by atoms with Gasteiger partial charge in [-0.05, 0) is 12.1 Å². The van der Waals surface area contributed by atoms with Crippen LogP contribution in [0.1, 0.15) is 5.56 Å². The topological polar surface area (TPSA) is 76.8 Å². The third kappa shape index (κ3) is 5.00. The van der Waals surface area contributed by atoms with E-state index in [1.807, 2.05) is 13.2 Å². The van der Waals surface area contributed by atoms with E-state index in [-0.39, 0.29) is 24.0 Å². The maximum absolute atomic E-state index is 12.4. The Morgan fingerprint density at radius 3 is 2.83 bits per heavy atom. The molecular formula is C16H21N3O4. The molecule has 1 amide bonds. The van der Waals surface area contributed by atoms with Gasteiger partial charge in [0.2, 0.25) is 0 Å². The van der Waals surface area contributed by atoms with Crippen molar-refractivity contribution in [3.63, 3.8) is 0 Å². The van der Waals surface area contributed by atoms with Crippen LogP contribution in [0, 0.1) is 0 Å². The Bertz CT molecular complexity index is 642. The minimum Gasteiger partial charge on any atom is -0.504 e. The van der Waals surface area contributed by atoms with Crippen molar-refractivity contribution in [3.8, 4) is 11.5 Å². The van der Waals surface area contributed by atoms with Crippen molar-refractivity contribution in [3.05, 3.63) is 42.2 Å². The molecule has 23 heavy (non-hydrogen) atoms. The highest BCUT2D eigenvalue weighted by Gasteiger charge is 2.16. The summed E-state index contributed by atoms with van der Waals surface area (Å²) in [5, 5.41) is 13.8. The van der Waals surface area contributed by atoms with E-state index in [4.69, 9.17) is 9.47 Å². The quantitative estimate of drug-likeness (QED) is 0.790. The molecule has 0 aliphatic heterocycles. The lowest BCUT2D eigenvalue weighted by Gasteiger charge is -2.22. The van der Waals surface area contributed by atoms with E-state index < -0.39 is 0 Å². The fourth-order valence-corrected chi connectivity index (χ4v) is 2.08. The third-order valence-corrected chi connectivity index (χ3v) is 3.27. The molecule has 124 valence electrons. The lowest BCUT2D eigenvalue weighted by molar-refractivity contribution is -0.134. The Balaban J connectivity index is 1.97. The summed E-state index contributed by atoms with van der Waals surface area (Å²) in [5.74, 6) is 0.110. The highest BCUT2D eigenvalue weighted by Crippen LogP contribution is 2.24. The van der Waals surface area contributed by atoms with E-state index in [2.05, 4.69) is 5.10 Å². The molecule has 0 bridgehead atoms. The molecule has 0 spiro atoms. The van der Waals surface area contributed by atoms with Crippen LogP contribution in [0.25, 0.3) is 0 Å². The standard InChI is InChI=1S/C16H21N3O4/c1-18-10-13(9-17-18)11-19(7-8-22-2)16(21)12-23-15-6-4-3-5-14(15)20/h3-6,9-10,20H,7-8,11-12H2,1-2H3. The van der Waals surface area contributed by atoms with Gasteiger partial charge in [0.15, 0.2) is 18.1 Å². The molecule has 0 radical (unpaired) electrons. The number of carbonyl (C=O) groups is 1. The number of hydrogen-bond acceptors (Lipinski definition) is 5. The van der Waals surface area contributed by atoms with Crippen LogP contribution in [0.5, 0.6) is 11.5 Å². The van der Waals surface area contributed by atoms with Gasteiger partial charge in [-0.15, -0.1) is 0 Å². The average Bonchev–Trinajstić information content (AvgIpc) is 2.95. The zero-order valence-corrected chi connectivity index (χ0v) is 13.3. The van der Waals surface area contributed by atoms with Crippen molar-refractivity contribution in [1.29, 1.82) is 0 Å². The second-order valence-corrected chi connectivity index (χ2v) is 5.09. The fraction of sp³-hybridized carbons (Fsp3) is 0.375. The average molecular weight is 319 g/mol. The Morgan fingerprint density at radius 1 is 1.39 bits per heavy atom. The van der Waals surface area contributed by atoms with Gasteiger partial charge in [-0.25, -0.2) is 0 Å². The van der Waals surface area contributed by atoms with Crippen LogP contribution < -0.4 is 4.74 Å². The van der Waals surface area contributed by atoms with Gasteiger partial charge in [-0.2, -0.15) is 5.10 Å². The zero-order chi connectivity index (χ0) is 16.7. The lowest BCUT2D eigenvalue weighted by atomic mass is 10.3. The maximum atomic E-state index is 12.4. The van der Waals surface area contributed by atoms with Gasteiger partial charge in [0.25, 0.3) is 5.91 Å². The number of methoxy groups -OCH3 is 1. The van der Waals surface area contributed by atoms with Gasteiger partial charge in [0, 0.05) is 39.0 Å². The van der Waals surface area contributed by atoms with E-state index >= 15 is 0 Å². The van der Waals surface area contributed by atoms with E-state index in [0.717, 1.165) is 5.56 Å². The molecular weight excluding hydrogens is 298 g/mol. The number of aromatic nitrogens is 2. The van der Waals surface area contributed by atoms with Crippen molar-refractivity contribution in [1.82, 2.24) is 14.7 Å². The van der Waals surface area contributed by atoms with E-state index in [1.54, 1.807) is 41.1 Å².